The first-order valence-corrected chi connectivity index (χ1v) is 9.17. The predicted molar refractivity (Wildman–Crippen MR) is 101 cm³/mol. The van der Waals surface area contributed by atoms with Crippen LogP contribution in [0.15, 0.2) is 48.7 Å². The van der Waals surface area contributed by atoms with E-state index in [0.29, 0.717) is 12.5 Å². The monoisotopic (exact) mass is 349 g/mol. The molecule has 0 saturated carbocycles. The molecule has 134 valence electrons. The van der Waals surface area contributed by atoms with Crippen molar-refractivity contribution in [3.05, 3.63) is 65.6 Å². The van der Waals surface area contributed by atoms with Crippen LogP contribution in [0.5, 0.6) is 0 Å². The van der Waals surface area contributed by atoms with Crippen LogP contribution in [0.1, 0.15) is 42.3 Å². The summed E-state index contributed by atoms with van der Waals surface area (Å²) in [7, 11) is 0. The molecule has 1 unspecified atom stereocenters. The van der Waals surface area contributed by atoms with Crippen LogP contribution in [0.2, 0.25) is 0 Å². The molecule has 0 aliphatic carbocycles. The summed E-state index contributed by atoms with van der Waals surface area (Å²) in [5.41, 5.74) is 4.41. The number of aromatic amines is 1. The lowest BCUT2D eigenvalue weighted by Crippen LogP contribution is -2.23. The number of likely N-dealkylation sites (tertiary alicyclic amines) is 1. The van der Waals surface area contributed by atoms with Gasteiger partial charge in [-0.3, -0.25) is 14.7 Å². The molecule has 2 N–H and O–H groups in total. The van der Waals surface area contributed by atoms with E-state index in [4.69, 9.17) is 10.1 Å². The molecule has 0 amide bonds. The first-order chi connectivity index (χ1) is 12.7. The zero-order chi connectivity index (χ0) is 17.9. The lowest BCUT2D eigenvalue weighted by molar-refractivity contribution is -0.136. The van der Waals surface area contributed by atoms with Gasteiger partial charge in [-0.05, 0) is 60.7 Å². The van der Waals surface area contributed by atoms with Gasteiger partial charge < -0.3 is 10.1 Å². The molecule has 4 rings (SSSR count). The number of rotatable bonds is 6. The molecule has 2 aromatic heterocycles. The molecule has 5 nitrogen and oxygen atoms in total. The Balaban J connectivity index is 1.50. The smallest absolute Gasteiger partial charge is 0.303 e. The van der Waals surface area contributed by atoms with Gasteiger partial charge in [0.1, 0.15) is 0 Å². The van der Waals surface area contributed by atoms with Crippen molar-refractivity contribution in [2.45, 2.75) is 38.3 Å². The fraction of sp³-hybridized carbons (Fsp3) is 0.333. The number of carboxylic acids is 1. The molecule has 3 aromatic rings. The average molecular weight is 349 g/mol. The van der Waals surface area contributed by atoms with Crippen LogP contribution < -0.4 is 0 Å². The van der Waals surface area contributed by atoms with Crippen LogP contribution in [-0.2, 0) is 17.8 Å². The molecule has 1 fully saturated rings. The van der Waals surface area contributed by atoms with Crippen molar-refractivity contribution >= 4 is 16.9 Å². The summed E-state index contributed by atoms with van der Waals surface area (Å²) >= 11 is 0. The van der Waals surface area contributed by atoms with E-state index in [1.54, 1.807) is 0 Å². The third-order valence-electron chi connectivity index (χ3n) is 5.13. The Hall–Kier alpha value is -2.66. The largest absolute Gasteiger partial charge is 0.481 e. The highest BCUT2D eigenvalue weighted by Crippen LogP contribution is 2.32. The molecule has 5 heteroatoms. The van der Waals surface area contributed by atoms with Crippen molar-refractivity contribution in [3.8, 4) is 0 Å². The van der Waals surface area contributed by atoms with Gasteiger partial charge in [-0.2, -0.15) is 0 Å². The van der Waals surface area contributed by atoms with Crippen molar-refractivity contribution in [2.75, 3.05) is 6.54 Å². The summed E-state index contributed by atoms with van der Waals surface area (Å²) in [5.74, 6) is -0.778. The van der Waals surface area contributed by atoms with Gasteiger partial charge in [-0.1, -0.05) is 12.1 Å². The lowest BCUT2D eigenvalue weighted by atomic mass is 10.1. The number of H-pyrrole nitrogens is 1. The van der Waals surface area contributed by atoms with E-state index in [1.807, 2.05) is 18.3 Å². The molecule has 26 heavy (non-hydrogen) atoms. The molecule has 0 radical (unpaired) electrons. The van der Waals surface area contributed by atoms with Gasteiger partial charge in [-0.15, -0.1) is 0 Å². The number of hydrogen-bond donors (Lipinski definition) is 2. The number of carboxylic acid groups (broad SMARTS) is 1. The highest BCUT2D eigenvalue weighted by atomic mass is 16.4. The first kappa shape index (κ1) is 16.8. The van der Waals surface area contributed by atoms with Gasteiger partial charge >= 0.3 is 5.97 Å². The standard InChI is InChI=1S/C21H23N3O2/c25-21(26)9-7-17-3-1-4-19(23-17)20-5-2-12-24(20)14-15-6-8-18-16(13-15)10-11-22-18/h1,3-4,6,8,10-11,13,20,22H,2,5,7,9,12,14H2,(H,25,26). The van der Waals surface area contributed by atoms with Gasteiger partial charge in [0.05, 0.1) is 18.2 Å². The summed E-state index contributed by atoms with van der Waals surface area (Å²) < 4.78 is 0. The molecule has 1 aliphatic rings. The summed E-state index contributed by atoms with van der Waals surface area (Å²) in [6.45, 7) is 1.98. The molecule has 1 aromatic carbocycles. The van der Waals surface area contributed by atoms with Crippen LogP contribution in [-0.4, -0.2) is 32.5 Å². The maximum absolute atomic E-state index is 10.8. The minimum absolute atomic E-state index is 0.127. The van der Waals surface area contributed by atoms with Crippen molar-refractivity contribution in [1.82, 2.24) is 14.9 Å². The van der Waals surface area contributed by atoms with Crippen LogP contribution in [0.4, 0.5) is 0 Å². The zero-order valence-corrected chi connectivity index (χ0v) is 14.7. The highest BCUT2D eigenvalue weighted by Gasteiger charge is 2.27. The molecule has 0 spiro atoms. The quantitative estimate of drug-likeness (QED) is 0.708. The molecule has 3 heterocycles. The van der Waals surface area contributed by atoms with E-state index in [0.717, 1.165) is 37.3 Å². The topological polar surface area (TPSA) is 69.2 Å². The van der Waals surface area contributed by atoms with Crippen LogP contribution in [0.25, 0.3) is 10.9 Å². The lowest BCUT2D eigenvalue weighted by Gasteiger charge is -2.24. The molecular formula is C21H23N3O2. The Morgan fingerprint density at radius 2 is 2.19 bits per heavy atom. The number of nitrogens with one attached hydrogen (secondary N) is 1. The third kappa shape index (κ3) is 3.63. The average Bonchev–Trinajstić information content (AvgIpc) is 3.29. The summed E-state index contributed by atoms with van der Waals surface area (Å²) in [4.78, 5) is 21.3. The van der Waals surface area contributed by atoms with Gasteiger partial charge in [0, 0.05) is 30.4 Å². The van der Waals surface area contributed by atoms with Crippen molar-refractivity contribution < 1.29 is 9.90 Å². The van der Waals surface area contributed by atoms with E-state index < -0.39 is 5.97 Å². The number of carbonyl (C=O) groups is 1. The Labute approximate surface area is 152 Å². The van der Waals surface area contributed by atoms with Crippen molar-refractivity contribution in [1.29, 1.82) is 0 Å². The van der Waals surface area contributed by atoms with Crippen molar-refractivity contribution in [3.63, 3.8) is 0 Å². The van der Waals surface area contributed by atoms with Gasteiger partial charge in [0.15, 0.2) is 0 Å². The summed E-state index contributed by atoms with van der Waals surface area (Å²) in [6, 6.07) is 15.0. The second kappa shape index (κ2) is 7.30. The number of aryl methyl sites for hydroxylation is 1. The Kier molecular flexibility index (Phi) is 4.71. The Morgan fingerprint density at radius 1 is 1.27 bits per heavy atom. The van der Waals surface area contributed by atoms with Crippen molar-refractivity contribution in [2.24, 2.45) is 0 Å². The van der Waals surface area contributed by atoms with E-state index in [9.17, 15) is 4.79 Å². The fourth-order valence-corrected chi connectivity index (χ4v) is 3.84. The van der Waals surface area contributed by atoms with Gasteiger partial charge in [0.2, 0.25) is 0 Å². The molecular weight excluding hydrogens is 326 g/mol. The first-order valence-electron chi connectivity index (χ1n) is 9.17. The van der Waals surface area contributed by atoms with Gasteiger partial charge in [0.25, 0.3) is 0 Å². The highest BCUT2D eigenvalue weighted by molar-refractivity contribution is 5.79. The van der Waals surface area contributed by atoms with Crippen LogP contribution >= 0.6 is 0 Å². The second-order valence-electron chi connectivity index (χ2n) is 6.98. The van der Waals surface area contributed by atoms with E-state index in [-0.39, 0.29) is 6.42 Å². The van der Waals surface area contributed by atoms with E-state index in [1.165, 1.54) is 16.5 Å². The van der Waals surface area contributed by atoms with Gasteiger partial charge in [-0.25, -0.2) is 0 Å². The number of pyridine rings is 1. The molecule has 0 bridgehead atoms. The molecule has 1 atom stereocenters. The second-order valence-corrected chi connectivity index (χ2v) is 6.98. The number of benzene rings is 1. The fourth-order valence-electron chi connectivity index (χ4n) is 3.84. The third-order valence-corrected chi connectivity index (χ3v) is 5.13. The SMILES string of the molecule is O=C(O)CCc1cccc(C2CCCN2Cc2ccc3[nH]ccc3c2)n1. The number of aliphatic carboxylic acids is 1. The van der Waals surface area contributed by atoms with E-state index >= 15 is 0 Å². The zero-order valence-electron chi connectivity index (χ0n) is 14.7. The molecule has 1 saturated heterocycles. The maximum atomic E-state index is 10.8. The minimum atomic E-state index is -0.778. The number of nitrogens with zero attached hydrogens (tertiary/aromatic N) is 2. The number of hydrogen-bond acceptors (Lipinski definition) is 3. The van der Waals surface area contributed by atoms with E-state index in [2.05, 4.69) is 40.2 Å². The van der Waals surface area contributed by atoms with Crippen LogP contribution in [0, 0.1) is 0 Å². The summed E-state index contributed by atoms with van der Waals surface area (Å²) in [5, 5.41) is 10.1. The summed E-state index contributed by atoms with van der Waals surface area (Å²) in [6.07, 6.45) is 4.85. The molecule has 1 aliphatic heterocycles. The maximum Gasteiger partial charge on any atom is 0.303 e. The Bertz CT molecular complexity index is 918. The normalized spacial score (nSPS) is 17.8. The predicted octanol–water partition coefficient (Wildman–Crippen LogP) is 3.92. The number of fused-ring (bicyclic) bond motifs is 1. The van der Waals surface area contributed by atoms with Crippen LogP contribution in [0.3, 0.4) is 0 Å². The number of aromatic nitrogens is 2. The minimum Gasteiger partial charge on any atom is -0.481 e. The Morgan fingerprint density at radius 3 is 3.08 bits per heavy atom.